The Balaban J connectivity index is 1.36. The molecule has 9 heteroatoms. The number of hydrogen-bond acceptors (Lipinski definition) is 3. The number of urea groups is 1. The highest BCUT2D eigenvalue weighted by molar-refractivity contribution is 7.70. The molecule has 1 aliphatic carbocycles. The molecule has 5 rings (SSSR count). The minimum absolute atomic E-state index is 0.0141. The van der Waals surface area contributed by atoms with E-state index < -0.39 is 25.0 Å². The zero-order valence-electron chi connectivity index (χ0n) is 20.6. The van der Waals surface area contributed by atoms with Gasteiger partial charge in [0.05, 0.1) is 5.69 Å². The Labute approximate surface area is 220 Å². The van der Waals surface area contributed by atoms with Crippen LogP contribution in [0.2, 0.25) is 5.02 Å². The van der Waals surface area contributed by atoms with Crippen LogP contribution in [0, 0.1) is 5.82 Å². The van der Waals surface area contributed by atoms with E-state index in [-0.39, 0.29) is 16.6 Å². The fourth-order valence-electron chi connectivity index (χ4n) is 4.84. The van der Waals surface area contributed by atoms with Crippen LogP contribution < -0.4 is 20.8 Å². The predicted octanol–water partition coefficient (Wildman–Crippen LogP) is 6.20. The van der Waals surface area contributed by atoms with Crippen LogP contribution in [-0.2, 0) is 9.36 Å². The molecule has 1 aliphatic heterocycles. The Kier molecular flexibility index (Phi) is 6.86. The average molecular weight is 540 g/mol. The fraction of sp³-hybridized carbons (Fsp3) is 0.286. The predicted molar refractivity (Wildman–Crippen MR) is 147 cm³/mol. The van der Waals surface area contributed by atoms with Crippen LogP contribution in [0.3, 0.4) is 0 Å². The van der Waals surface area contributed by atoms with Crippen molar-refractivity contribution in [3.05, 3.63) is 77.1 Å². The van der Waals surface area contributed by atoms with Crippen molar-refractivity contribution < 1.29 is 18.5 Å². The van der Waals surface area contributed by atoms with Gasteiger partial charge in [-0.25, -0.2) is 9.18 Å². The molecule has 1 atom stereocenters. The maximum Gasteiger partial charge on any atom is 0.319 e. The molecule has 37 heavy (non-hydrogen) atoms. The molecular formula is C28H28ClFN3O3P. The number of nitrogens with one attached hydrogen (secondary N) is 2. The summed E-state index contributed by atoms with van der Waals surface area (Å²) in [6.07, 6.45) is 2.55. The van der Waals surface area contributed by atoms with Crippen LogP contribution >= 0.6 is 18.7 Å². The van der Waals surface area contributed by atoms with Crippen LogP contribution in [0.25, 0.3) is 11.1 Å². The summed E-state index contributed by atoms with van der Waals surface area (Å²) in [5, 5.41) is 6.19. The van der Waals surface area contributed by atoms with Gasteiger partial charge < -0.3 is 20.1 Å². The zero-order valence-corrected chi connectivity index (χ0v) is 22.3. The Bertz CT molecular complexity index is 1440. The van der Waals surface area contributed by atoms with E-state index in [1.165, 1.54) is 12.1 Å². The maximum atomic E-state index is 14.0. The van der Waals surface area contributed by atoms with Gasteiger partial charge in [0.15, 0.2) is 0 Å². The lowest BCUT2D eigenvalue weighted by Crippen LogP contribution is -2.43. The number of rotatable bonds is 6. The highest BCUT2D eigenvalue weighted by Crippen LogP contribution is 2.47. The van der Waals surface area contributed by atoms with Crippen LogP contribution in [-0.4, -0.2) is 37.9 Å². The lowest BCUT2D eigenvalue weighted by molar-refractivity contribution is -0.118. The average Bonchev–Trinajstić information content (AvgIpc) is 3.64. The smallest absolute Gasteiger partial charge is 0.319 e. The minimum Gasteiger partial charge on any atom is -0.326 e. The van der Waals surface area contributed by atoms with Crippen molar-refractivity contribution >= 4 is 47.4 Å². The minimum atomic E-state index is -2.48. The van der Waals surface area contributed by atoms with Crippen molar-refractivity contribution in [2.75, 3.05) is 30.1 Å². The number of carbonyl (C=O) groups is 2. The second-order valence-corrected chi connectivity index (χ2v) is 13.6. The Morgan fingerprint density at radius 3 is 2.51 bits per heavy atom. The van der Waals surface area contributed by atoms with Gasteiger partial charge in [-0.05, 0) is 85.5 Å². The summed E-state index contributed by atoms with van der Waals surface area (Å²) in [5.41, 5.74) is 3.85. The van der Waals surface area contributed by atoms with E-state index in [1.54, 1.807) is 18.2 Å². The third-order valence-corrected chi connectivity index (χ3v) is 8.61. The standard InChI is InChI=1S/C28H28ClFN3O3P/c1-37(2,36)26-6-4-3-5-20(26)18-9-12-25(21(15-18)17-7-8-17)33-14-13-24(27(33)34)32-28(35)31-23-11-10-19(29)16-22(23)30/h3-6,9-12,15-17,24H,7-8,13-14H2,1-2H3,(H2,31,32,35)/t24-/m1/s1. The van der Waals surface area contributed by atoms with Gasteiger partial charge >= 0.3 is 6.03 Å². The summed E-state index contributed by atoms with van der Waals surface area (Å²) in [5.74, 6) is -0.484. The Morgan fingerprint density at radius 2 is 1.81 bits per heavy atom. The lowest BCUT2D eigenvalue weighted by atomic mass is 9.98. The topological polar surface area (TPSA) is 78.5 Å². The van der Waals surface area contributed by atoms with Crippen molar-refractivity contribution in [2.45, 2.75) is 31.2 Å². The first-order valence-electron chi connectivity index (χ1n) is 12.2. The molecule has 3 aromatic carbocycles. The van der Waals surface area contributed by atoms with Crippen molar-refractivity contribution in [2.24, 2.45) is 0 Å². The zero-order chi connectivity index (χ0) is 26.3. The highest BCUT2D eigenvalue weighted by atomic mass is 35.5. The first-order chi connectivity index (χ1) is 17.6. The number of benzene rings is 3. The molecule has 1 saturated carbocycles. The lowest BCUT2D eigenvalue weighted by Gasteiger charge is -2.22. The van der Waals surface area contributed by atoms with Gasteiger partial charge in [-0.3, -0.25) is 4.79 Å². The quantitative estimate of drug-likeness (QED) is 0.366. The Morgan fingerprint density at radius 1 is 1.05 bits per heavy atom. The summed E-state index contributed by atoms with van der Waals surface area (Å²) in [7, 11) is -2.48. The van der Waals surface area contributed by atoms with Crippen LogP contribution in [0.5, 0.6) is 0 Å². The normalized spacial score (nSPS) is 17.7. The summed E-state index contributed by atoms with van der Waals surface area (Å²) < 4.78 is 27.0. The third-order valence-electron chi connectivity index (χ3n) is 6.82. The van der Waals surface area contributed by atoms with Crippen molar-refractivity contribution in [1.82, 2.24) is 5.32 Å². The number of anilines is 2. The molecule has 0 spiro atoms. The van der Waals surface area contributed by atoms with Crippen molar-refractivity contribution in [3.63, 3.8) is 0 Å². The molecule has 0 bridgehead atoms. The van der Waals surface area contributed by atoms with Gasteiger partial charge in [-0.2, -0.15) is 0 Å². The van der Waals surface area contributed by atoms with E-state index in [0.717, 1.165) is 46.6 Å². The number of amides is 3. The van der Waals surface area contributed by atoms with Crippen LogP contribution in [0.1, 0.15) is 30.7 Å². The number of hydrogen-bond donors (Lipinski definition) is 2. The van der Waals surface area contributed by atoms with Gasteiger partial charge in [0.1, 0.15) is 19.0 Å². The SMILES string of the molecule is CP(C)(=O)c1ccccc1-c1ccc(N2CC[C@@H](NC(=O)Nc3ccc(Cl)cc3F)C2=O)c(C2CC2)c1. The van der Waals surface area contributed by atoms with Crippen LogP contribution in [0.15, 0.2) is 60.7 Å². The molecular weight excluding hydrogens is 512 g/mol. The number of halogens is 2. The molecule has 1 saturated heterocycles. The molecule has 0 unspecified atom stereocenters. The van der Waals surface area contributed by atoms with E-state index >= 15 is 0 Å². The molecule has 192 valence electrons. The third kappa shape index (κ3) is 5.43. The first-order valence-corrected chi connectivity index (χ1v) is 15.2. The molecule has 2 N–H and O–H groups in total. The monoisotopic (exact) mass is 539 g/mol. The molecule has 3 amide bonds. The second kappa shape index (κ2) is 9.96. The molecule has 2 aliphatic rings. The summed E-state index contributed by atoms with van der Waals surface area (Å²) in [4.78, 5) is 27.5. The largest absolute Gasteiger partial charge is 0.326 e. The summed E-state index contributed by atoms with van der Waals surface area (Å²) in [6.45, 7) is 4.01. The van der Waals surface area contributed by atoms with Gasteiger partial charge in [0.25, 0.3) is 0 Å². The number of nitrogens with zero attached hydrogens (tertiary/aromatic N) is 1. The van der Waals surface area contributed by atoms with Crippen molar-refractivity contribution in [1.29, 1.82) is 0 Å². The second-order valence-electron chi connectivity index (χ2n) is 9.97. The summed E-state index contributed by atoms with van der Waals surface area (Å²) in [6, 6.07) is 16.4. The van der Waals surface area contributed by atoms with Crippen LogP contribution in [0.4, 0.5) is 20.6 Å². The van der Waals surface area contributed by atoms with E-state index in [4.69, 9.17) is 11.6 Å². The molecule has 3 aromatic rings. The van der Waals surface area contributed by atoms with Gasteiger partial charge in [-0.1, -0.05) is 41.9 Å². The van der Waals surface area contributed by atoms with Gasteiger partial charge in [0, 0.05) is 22.6 Å². The highest BCUT2D eigenvalue weighted by Gasteiger charge is 2.37. The van der Waals surface area contributed by atoms with E-state index in [2.05, 4.69) is 16.7 Å². The van der Waals surface area contributed by atoms with E-state index in [0.29, 0.717) is 18.9 Å². The van der Waals surface area contributed by atoms with Gasteiger partial charge in [-0.15, -0.1) is 0 Å². The fourth-order valence-corrected chi connectivity index (χ4v) is 6.22. The molecule has 1 heterocycles. The molecule has 0 radical (unpaired) electrons. The summed E-state index contributed by atoms with van der Waals surface area (Å²) >= 11 is 5.76. The van der Waals surface area contributed by atoms with Crippen molar-refractivity contribution in [3.8, 4) is 11.1 Å². The Hall–Kier alpha value is -3.15. The molecule has 6 nitrogen and oxygen atoms in total. The maximum absolute atomic E-state index is 14.0. The number of carbonyl (C=O) groups excluding carboxylic acids is 2. The van der Waals surface area contributed by atoms with Gasteiger partial charge in [0.2, 0.25) is 5.91 Å². The van der Waals surface area contributed by atoms with E-state index in [1.807, 2.05) is 36.4 Å². The molecule has 2 fully saturated rings. The molecule has 0 aromatic heterocycles. The van der Waals surface area contributed by atoms with E-state index in [9.17, 15) is 18.5 Å². The first kappa shape index (κ1) is 25.5.